The summed E-state index contributed by atoms with van der Waals surface area (Å²) in [6, 6.07) is 17.6. The highest BCUT2D eigenvalue weighted by Gasteiger charge is 2.33. The van der Waals surface area contributed by atoms with Crippen molar-refractivity contribution >= 4 is 29.1 Å². The predicted molar refractivity (Wildman–Crippen MR) is 112 cm³/mol. The Hall–Kier alpha value is -4.26. The Balaban J connectivity index is 1.52. The Labute approximate surface area is 177 Å². The largest absolute Gasteiger partial charge is 0.497 e. The molecule has 1 amide bonds. The van der Waals surface area contributed by atoms with Crippen molar-refractivity contribution in [3.63, 3.8) is 0 Å². The molecule has 0 saturated heterocycles. The van der Waals surface area contributed by atoms with Crippen LogP contribution in [0.2, 0.25) is 0 Å². The van der Waals surface area contributed by atoms with Crippen LogP contribution in [0.5, 0.6) is 5.75 Å². The molecule has 0 saturated carbocycles. The second kappa shape index (κ2) is 8.23. The number of carbonyl (C=O) groups is 4. The van der Waals surface area contributed by atoms with Gasteiger partial charge in [-0.25, -0.2) is 4.79 Å². The molecule has 3 aromatic rings. The fourth-order valence-electron chi connectivity index (χ4n) is 3.42. The van der Waals surface area contributed by atoms with E-state index in [9.17, 15) is 19.2 Å². The molecule has 0 aromatic heterocycles. The van der Waals surface area contributed by atoms with Gasteiger partial charge in [-0.15, -0.1) is 0 Å². The van der Waals surface area contributed by atoms with Crippen LogP contribution in [0.15, 0.2) is 66.7 Å². The molecule has 0 radical (unpaired) electrons. The Kier molecular flexibility index (Phi) is 5.32. The van der Waals surface area contributed by atoms with E-state index in [1.54, 1.807) is 48.5 Å². The molecule has 0 aliphatic heterocycles. The summed E-state index contributed by atoms with van der Waals surface area (Å²) in [7, 11) is 1.51. The zero-order valence-electron chi connectivity index (χ0n) is 16.5. The van der Waals surface area contributed by atoms with Crippen LogP contribution in [-0.4, -0.2) is 37.2 Å². The molecule has 0 atom stereocenters. The van der Waals surface area contributed by atoms with E-state index in [0.717, 1.165) is 0 Å². The van der Waals surface area contributed by atoms with Crippen molar-refractivity contribution < 1.29 is 28.7 Å². The first-order valence-electron chi connectivity index (χ1n) is 9.42. The topological polar surface area (TPSA) is 98.8 Å². The molecular formula is C24H17NO6. The van der Waals surface area contributed by atoms with E-state index in [2.05, 4.69) is 5.32 Å². The van der Waals surface area contributed by atoms with E-state index in [1.165, 1.54) is 25.3 Å². The molecule has 31 heavy (non-hydrogen) atoms. The third kappa shape index (κ3) is 3.81. The van der Waals surface area contributed by atoms with Crippen molar-refractivity contribution in [1.82, 2.24) is 0 Å². The SMILES string of the molecule is COc1cccc(NC(=O)COC(=O)c2cccc3c2C(=O)c2ccccc2C3=O)c1. The highest BCUT2D eigenvalue weighted by Crippen LogP contribution is 2.29. The lowest BCUT2D eigenvalue weighted by Crippen LogP contribution is -2.26. The maximum absolute atomic E-state index is 13.0. The van der Waals surface area contributed by atoms with Gasteiger partial charge in [0.05, 0.1) is 12.7 Å². The first-order chi connectivity index (χ1) is 15.0. The number of amides is 1. The maximum Gasteiger partial charge on any atom is 0.339 e. The average molecular weight is 415 g/mol. The van der Waals surface area contributed by atoms with Crippen LogP contribution in [0.4, 0.5) is 5.69 Å². The summed E-state index contributed by atoms with van der Waals surface area (Å²) >= 11 is 0. The summed E-state index contributed by atoms with van der Waals surface area (Å²) in [6.07, 6.45) is 0. The van der Waals surface area contributed by atoms with Crippen LogP contribution in [0, 0.1) is 0 Å². The van der Waals surface area contributed by atoms with Crippen molar-refractivity contribution in [2.24, 2.45) is 0 Å². The monoisotopic (exact) mass is 415 g/mol. The zero-order valence-corrected chi connectivity index (χ0v) is 16.5. The Morgan fingerprint density at radius 3 is 2.26 bits per heavy atom. The summed E-state index contributed by atoms with van der Waals surface area (Å²) in [5.74, 6) is -1.62. The Morgan fingerprint density at radius 1 is 0.839 bits per heavy atom. The molecule has 0 unspecified atom stereocenters. The fourth-order valence-corrected chi connectivity index (χ4v) is 3.42. The molecule has 0 heterocycles. The number of fused-ring (bicyclic) bond motifs is 2. The number of hydrogen-bond acceptors (Lipinski definition) is 6. The van der Waals surface area contributed by atoms with Crippen LogP contribution < -0.4 is 10.1 Å². The molecule has 0 fully saturated rings. The first-order valence-corrected chi connectivity index (χ1v) is 9.42. The molecule has 1 aliphatic carbocycles. The first kappa shape index (κ1) is 20.0. The lowest BCUT2D eigenvalue weighted by atomic mass is 9.82. The molecule has 1 N–H and O–H groups in total. The number of esters is 1. The molecule has 0 spiro atoms. The summed E-state index contributed by atoms with van der Waals surface area (Å²) in [5.41, 5.74) is 1.08. The van der Waals surface area contributed by atoms with Gasteiger partial charge >= 0.3 is 5.97 Å². The minimum Gasteiger partial charge on any atom is -0.497 e. The number of benzene rings is 3. The zero-order chi connectivity index (χ0) is 22.0. The lowest BCUT2D eigenvalue weighted by Gasteiger charge is -2.19. The van der Waals surface area contributed by atoms with Gasteiger partial charge in [0, 0.05) is 34.0 Å². The Morgan fingerprint density at radius 2 is 1.52 bits per heavy atom. The van der Waals surface area contributed by atoms with E-state index in [0.29, 0.717) is 17.0 Å². The number of methoxy groups -OCH3 is 1. The van der Waals surface area contributed by atoms with E-state index < -0.39 is 24.3 Å². The average Bonchev–Trinajstić information content (AvgIpc) is 2.80. The van der Waals surface area contributed by atoms with Crippen molar-refractivity contribution in [2.75, 3.05) is 19.0 Å². The van der Waals surface area contributed by atoms with Gasteiger partial charge in [0.25, 0.3) is 5.91 Å². The third-order valence-corrected chi connectivity index (χ3v) is 4.86. The molecular weight excluding hydrogens is 398 g/mol. The number of rotatable bonds is 5. The number of ether oxygens (including phenoxy) is 2. The summed E-state index contributed by atoms with van der Waals surface area (Å²) in [5, 5.41) is 2.60. The third-order valence-electron chi connectivity index (χ3n) is 4.86. The molecule has 154 valence electrons. The minimum absolute atomic E-state index is 0.00981. The van der Waals surface area contributed by atoms with Gasteiger partial charge in [0.1, 0.15) is 5.75 Å². The molecule has 3 aromatic carbocycles. The smallest absolute Gasteiger partial charge is 0.339 e. The Bertz CT molecular complexity index is 1230. The number of ketones is 2. The van der Waals surface area contributed by atoms with Crippen molar-refractivity contribution in [1.29, 1.82) is 0 Å². The summed E-state index contributed by atoms with van der Waals surface area (Å²) in [6.45, 7) is -0.557. The summed E-state index contributed by atoms with van der Waals surface area (Å²) in [4.78, 5) is 50.6. The van der Waals surface area contributed by atoms with Gasteiger partial charge in [-0.2, -0.15) is 0 Å². The van der Waals surface area contributed by atoms with Gasteiger partial charge in [0.2, 0.25) is 0 Å². The van der Waals surface area contributed by atoms with Gasteiger partial charge in [0.15, 0.2) is 18.2 Å². The quantitative estimate of drug-likeness (QED) is 0.503. The fraction of sp³-hybridized carbons (Fsp3) is 0.0833. The second-order valence-electron chi connectivity index (χ2n) is 6.79. The predicted octanol–water partition coefficient (Wildman–Crippen LogP) is 3.27. The van der Waals surface area contributed by atoms with Gasteiger partial charge in [-0.1, -0.05) is 42.5 Å². The van der Waals surface area contributed by atoms with Crippen molar-refractivity contribution in [3.05, 3.63) is 94.5 Å². The highest BCUT2D eigenvalue weighted by atomic mass is 16.5. The number of hydrogen-bond donors (Lipinski definition) is 1. The standard InChI is InChI=1S/C24H17NO6/c1-30-15-7-4-6-14(12-15)25-20(26)13-31-24(29)19-11-5-10-18-21(19)23(28)17-9-3-2-8-16(17)22(18)27/h2-12H,13H2,1H3,(H,25,26). The molecule has 1 aliphatic rings. The van der Waals surface area contributed by atoms with Crippen molar-refractivity contribution in [3.8, 4) is 5.75 Å². The minimum atomic E-state index is -0.863. The van der Waals surface area contributed by atoms with E-state index >= 15 is 0 Å². The van der Waals surface area contributed by atoms with Gasteiger partial charge < -0.3 is 14.8 Å². The maximum atomic E-state index is 13.0. The van der Waals surface area contributed by atoms with Crippen molar-refractivity contribution in [2.45, 2.75) is 0 Å². The van der Waals surface area contributed by atoms with Crippen LogP contribution in [0.25, 0.3) is 0 Å². The van der Waals surface area contributed by atoms with Crippen LogP contribution in [0.1, 0.15) is 42.2 Å². The number of nitrogens with one attached hydrogen (secondary N) is 1. The van der Waals surface area contributed by atoms with Crippen LogP contribution >= 0.6 is 0 Å². The number of anilines is 1. The lowest BCUT2D eigenvalue weighted by molar-refractivity contribution is -0.119. The highest BCUT2D eigenvalue weighted by molar-refractivity contribution is 6.30. The van der Waals surface area contributed by atoms with E-state index in [4.69, 9.17) is 9.47 Å². The second-order valence-corrected chi connectivity index (χ2v) is 6.79. The molecule has 7 nitrogen and oxygen atoms in total. The van der Waals surface area contributed by atoms with Crippen LogP contribution in [-0.2, 0) is 9.53 Å². The molecule has 7 heteroatoms. The van der Waals surface area contributed by atoms with Crippen LogP contribution in [0.3, 0.4) is 0 Å². The van der Waals surface area contributed by atoms with E-state index in [1.807, 2.05) is 0 Å². The molecule has 0 bridgehead atoms. The number of carbonyl (C=O) groups excluding carboxylic acids is 4. The summed E-state index contributed by atoms with van der Waals surface area (Å²) < 4.78 is 10.2. The van der Waals surface area contributed by atoms with Gasteiger partial charge in [-0.3, -0.25) is 14.4 Å². The van der Waals surface area contributed by atoms with Gasteiger partial charge in [-0.05, 0) is 18.2 Å². The normalized spacial score (nSPS) is 11.9. The molecule has 4 rings (SSSR count). The van der Waals surface area contributed by atoms with E-state index in [-0.39, 0.29) is 28.0 Å².